The van der Waals surface area contributed by atoms with Crippen LogP contribution in [-0.2, 0) is 11.3 Å². The highest BCUT2D eigenvalue weighted by Crippen LogP contribution is 2.17. The first-order valence-corrected chi connectivity index (χ1v) is 7.94. The van der Waals surface area contributed by atoms with Gasteiger partial charge in [-0.3, -0.25) is 4.99 Å². The second kappa shape index (κ2) is 10.9. The highest BCUT2D eigenvalue weighted by Gasteiger charge is 2.03. The van der Waals surface area contributed by atoms with Gasteiger partial charge >= 0.3 is 0 Å². The summed E-state index contributed by atoms with van der Waals surface area (Å²) >= 11 is 0. The molecule has 0 aliphatic heterocycles. The molecule has 0 saturated heterocycles. The van der Waals surface area contributed by atoms with Crippen LogP contribution in [0.15, 0.2) is 29.3 Å². The van der Waals surface area contributed by atoms with E-state index in [4.69, 9.17) is 9.47 Å². The van der Waals surface area contributed by atoms with Gasteiger partial charge in [0.2, 0.25) is 0 Å². The summed E-state index contributed by atoms with van der Waals surface area (Å²) in [5, 5.41) is 6.59. The molecule has 0 atom stereocenters. The number of hydrogen-bond donors (Lipinski definition) is 2. The molecule has 0 fully saturated rings. The Bertz CT molecular complexity index is 447. The van der Waals surface area contributed by atoms with E-state index in [0.717, 1.165) is 36.8 Å². The van der Waals surface area contributed by atoms with Crippen LogP contribution in [0.4, 0.5) is 0 Å². The molecule has 0 aromatic heterocycles. The molecule has 1 aromatic rings. The minimum Gasteiger partial charge on any atom is -0.494 e. The molecule has 0 bridgehead atoms. The Balaban J connectivity index is 2.35. The lowest BCUT2D eigenvalue weighted by atomic mass is 10.2. The summed E-state index contributed by atoms with van der Waals surface area (Å²) in [4.78, 5) is 4.22. The van der Waals surface area contributed by atoms with Gasteiger partial charge in [-0.1, -0.05) is 18.2 Å². The summed E-state index contributed by atoms with van der Waals surface area (Å²) in [6, 6.07) is 8.04. The minimum absolute atomic E-state index is 0.285. The molecular weight excluding hydrogens is 278 g/mol. The maximum Gasteiger partial charge on any atom is 0.191 e. The molecule has 0 aliphatic rings. The van der Waals surface area contributed by atoms with Crippen LogP contribution in [0, 0.1) is 0 Å². The van der Waals surface area contributed by atoms with Crippen LogP contribution in [0.2, 0.25) is 0 Å². The van der Waals surface area contributed by atoms with Gasteiger partial charge in [-0.25, -0.2) is 0 Å². The molecular formula is C17H29N3O2. The molecule has 2 N–H and O–H groups in total. The number of aliphatic imine (C=N–C) groups is 1. The first-order valence-electron chi connectivity index (χ1n) is 7.94. The summed E-state index contributed by atoms with van der Waals surface area (Å²) in [5.74, 6) is 1.70. The van der Waals surface area contributed by atoms with E-state index in [0.29, 0.717) is 13.2 Å². The Kier molecular flexibility index (Phi) is 9.07. The lowest BCUT2D eigenvalue weighted by molar-refractivity contribution is 0.0776. The first kappa shape index (κ1) is 18.3. The zero-order chi connectivity index (χ0) is 16.2. The largest absolute Gasteiger partial charge is 0.494 e. The Morgan fingerprint density at radius 1 is 1.23 bits per heavy atom. The van der Waals surface area contributed by atoms with E-state index in [1.165, 1.54) is 0 Å². The Morgan fingerprint density at radius 3 is 2.68 bits per heavy atom. The third-order valence-electron chi connectivity index (χ3n) is 3.01. The Hall–Kier alpha value is -1.75. The molecule has 5 nitrogen and oxygen atoms in total. The van der Waals surface area contributed by atoms with Crippen molar-refractivity contribution in [1.29, 1.82) is 0 Å². The average molecular weight is 307 g/mol. The topological polar surface area (TPSA) is 54.9 Å². The smallest absolute Gasteiger partial charge is 0.191 e. The van der Waals surface area contributed by atoms with Gasteiger partial charge in [-0.2, -0.15) is 0 Å². The van der Waals surface area contributed by atoms with Crippen LogP contribution in [0.3, 0.4) is 0 Å². The van der Waals surface area contributed by atoms with E-state index in [1.807, 2.05) is 39.0 Å². The van der Waals surface area contributed by atoms with Gasteiger partial charge in [-0.05, 0) is 33.3 Å². The lowest BCUT2D eigenvalue weighted by Gasteiger charge is -2.14. The zero-order valence-corrected chi connectivity index (χ0v) is 14.2. The Labute approximate surface area is 134 Å². The number of hydrogen-bond acceptors (Lipinski definition) is 3. The molecule has 0 saturated carbocycles. The summed E-state index contributed by atoms with van der Waals surface area (Å²) in [6.07, 6.45) is 1.24. The van der Waals surface area contributed by atoms with Crippen LogP contribution in [0.25, 0.3) is 0 Å². The number of nitrogens with one attached hydrogen (secondary N) is 2. The minimum atomic E-state index is 0.285. The molecule has 124 valence electrons. The number of rotatable bonds is 9. The summed E-state index contributed by atoms with van der Waals surface area (Å²) in [6.45, 7) is 9.02. The molecule has 0 spiro atoms. The van der Waals surface area contributed by atoms with Gasteiger partial charge in [0.15, 0.2) is 5.96 Å². The highest BCUT2D eigenvalue weighted by molar-refractivity contribution is 5.79. The van der Waals surface area contributed by atoms with Crippen molar-refractivity contribution in [3.8, 4) is 5.75 Å². The monoisotopic (exact) mass is 307 g/mol. The number of guanidine groups is 1. The van der Waals surface area contributed by atoms with E-state index in [2.05, 4.69) is 21.7 Å². The fourth-order valence-corrected chi connectivity index (χ4v) is 1.94. The first-order chi connectivity index (χ1) is 10.7. The third kappa shape index (κ3) is 7.31. The molecule has 0 aliphatic carbocycles. The number of ether oxygens (including phenoxy) is 2. The molecule has 0 unspecified atom stereocenters. The van der Waals surface area contributed by atoms with Crippen LogP contribution in [0.5, 0.6) is 5.75 Å². The summed E-state index contributed by atoms with van der Waals surface area (Å²) in [7, 11) is 1.77. The molecule has 5 heteroatoms. The van der Waals surface area contributed by atoms with Crippen molar-refractivity contribution < 1.29 is 9.47 Å². The van der Waals surface area contributed by atoms with Gasteiger partial charge in [0.1, 0.15) is 5.75 Å². The normalized spacial score (nSPS) is 11.6. The van der Waals surface area contributed by atoms with Crippen molar-refractivity contribution >= 4 is 5.96 Å². The second-order valence-corrected chi connectivity index (χ2v) is 5.17. The fraction of sp³-hybridized carbons (Fsp3) is 0.588. The Morgan fingerprint density at radius 2 is 2.00 bits per heavy atom. The van der Waals surface area contributed by atoms with E-state index in [9.17, 15) is 0 Å². The molecule has 1 rings (SSSR count). The van der Waals surface area contributed by atoms with Gasteiger partial charge in [0.25, 0.3) is 0 Å². The van der Waals surface area contributed by atoms with Crippen molar-refractivity contribution in [2.45, 2.75) is 39.8 Å². The lowest BCUT2D eigenvalue weighted by Crippen LogP contribution is -2.37. The van der Waals surface area contributed by atoms with Crippen LogP contribution in [-0.4, -0.2) is 38.9 Å². The van der Waals surface area contributed by atoms with Crippen LogP contribution < -0.4 is 15.4 Å². The van der Waals surface area contributed by atoms with Gasteiger partial charge in [-0.15, -0.1) is 0 Å². The van der Waals surface area contributed by atoms with Crippen molar-refractivity contribution in [2.24, 2.45) is 4.99 Å². The predicted molar refractivity (Wildman–Crippen MR) is 91.5 cm³/mol. The van der Waals surface area contributed by atoms with Crippen LogP contribution >= 0.6 is 0 Å². The predicted octanol–water partition coefficient (Wildman–Crippen LogP) is 2.57. The second-order valence-electron chi connectivity index (χ2n) is 5.17. The standard InChI is InChI=1S/C17H29N3O2/c1-5-21-16-10-7-6-9-15(16)13-20-17(18-4)19-11-8-12-22-14(2)3/h6-7,9-10,14H,5,8,11-13H2,1-4H3,(H2,18,19,20). The fourth-order valence-electron chi connectivity index (χ4n) is 1.94. The highest BCUT2D eigenvalue weighted by atomic mass is 16.5. The average Bonchev–Trinajstić information content (AvgIpc) is 2.51. The van der Waals surface area contributed by atoms with Gasteiger partial charge in [0, 0.05) is 32.3 Å². The van der Waals surface area contributed by atoms with E-state index in [1.54, 1.807) is 7.05 Å². The van der Waals surface area contributed by atoms with E-state index in [-0.39, 0.29) is 6.10 Å². The van der Waals surface area contributed by atoms with Gasteiger partial charge in [0.05, 0.1) is 12.7 Å². The van der Waals surface area contributed by atoms with Crippen molar-refractivity contribution in [2.75, 3.05) is 26.8 Å². The molecule has 0 amide bonds. The van der Waals surface area contributed by atoms with E-state index < -0.39 is 0 Å². The van der Waals surface area contributed by atoms with Crippen molar-refractivity contribution in [3.63, 3.8) is 0 Å². The van der Waals surface area contributed by atoms with Crippen LogP contribution in [0.1, 0.15) is 32.8 Å². The zero-order valence-electron chi connectivity index (χ0n) is 14.2. The van der Waals surface area contributed by atoms with Crippen molar-refractivity contribution in [3.05, 3.63) is 29.8 Å². The molecule has 0 radical (unpaired) electrons. The number of benzene rings is 1. The SMILES string of the molecule is CCOc1ccccc1CNC(=NC)NCCCOC(C)C. The summed E-state index contributed by atoms with van der Waals surface area (Å²) in [5.41, 5.74) is 1.12. The number of para-hydroxylation sites is 1. The van der Waals surface area contributed by atoms with E-state index >= 15 is 0 Å². The molecule has 1 aromatic carbocycles. The third-order valence-corrected chi connectivity index (χ3v) is 3.01. The molecule has 22 heavy (non-hydrogen) atoms. The summed E-state index contributed by atoms with van der Waals surface area (Å²) < 4.78 is 11.1. The molecule has 0 heterocycles. The van der Waals surface area contributed by atoms with Crippen molar-refractivity contribution in [1.82, 2.24) is 10.6 Å². The quantitative estimate of drug-likeness (QED) is 0.418. The number of nitrogens with zero attached hydrogens (tertiary/aromatic N) is 1. The maximum atomic E-state index is 5.62. The van der Waals surface area contributed by atoms with Gasteiger partial charge < -0.3 is 20.1 Å². The maximum absolute atomic E-state index is 5.62.